The van der Waals surface area contributed by atoms with Gasteiger partial charge in [0, 0.05) is 30.0 Å². The van der Waals surface area contributed by atoms with Crippen LogP contribution >= 0.6 is 11.8 Å². The molecule has 4 N–H and O–H groups in total. The van der Waals surface area contributed by atoms with Gasteiger partial charge in [-0.25, -0.2) is 10.5 Å². The number of aromatic hydroxyl groups is 1. The fraction of sp³-hybridized carbons (Fsp3) is 0.273. The van der Waals surface area contributed by atoms with Crippen LogP contribution in [0.25, 0.3) is 0 Å². The first kappa shape index (κ1) is 23.9. The number of phenols is 1. The third-order valence-corrected chi connectivity index (χ3v) is 5.53. The van der Waals surface area contributed by atoms with E-state index >= 15 is 0 Å². The summed E-state index contributed by atoms with van der Waals surface area (Å²) < 4.78 is 5.13. The van der Waals surface area contributed by atoms with Crippen LogP contribution in [0.5, 0.6) is 11.5 Å². The third-order valence-electron chi connectivity index (χ3n) is 4.69. The first-order valence-electron chi connectivity index (χ1n) is 10.4. The maximum Gasteiger partial charge on any atom is 0.240 e. The number of rotatable bonds is 11. The van der Waals surface area contributed by atoms with Crippen LogP contribution in [-0.4, -0.2) is 58.4 Å². The molecular formula is C22H27N7O3S. The Labute approximate surface area is 196 Å². The number of carbonyl (C=O) groups is 1. The molecule has 1 aromatic heterocycles. The van der Waals surface area contributed by atoms with Crippen LogP contribution in [0, 0.1) is 0 Å². The fourth-order valence-electron chi connectivity index (χ4n) is 2.96. The summed E-state index contributed by atoms with van der Waals surface area (Å²) >= 11 is 1.20. The molecule has 0 spiro atoms. The highest BCUT2D eigenvalue weighted by Crippen LogP contribution is 2.21. The Morgan fingerprint density at radius 1 is 1.24 bits per heavy atom. The number of benzene rings is 2. The minimum Gasteiger partial charge on any atom is -0.507 e. The van der Waals surface area contributed by atoms with Crippen molar-refractivity contribution >= 4 is 41.2 Å². The Morgan fingerprint density at radius 3 is 2.70 bits per heavy atom. The summed E-state index contributed by atoms with van der Waals surface area (Å²) in [5.41, 5.74) is 5.05. The lowest BCUT2D eigenvalue weighted by atomic mass is 10.2. The molecule has 0 aliphatic rings. The van der Waals surface area contributed by atoms with Crippen molar-refractivity contribution in [3.63, 3.8) is 0 Å². The van der Waals surface area contributed by atoms with Crippen molar-refractivity contribution in [2.75, 3.05) is 41.6 Å². The second kappa shape index (κ2) is 11.8. The summed E-state index contributed by atoms with van der Waals surface area (Å²) in [6.45, 7) is 6.08. The van der Waals surface area contributed by atoms with E-state index in [2.05, 4.69) is 49.8 Å². The molecule has 2 aromatic carbocycles. The van der Waals surface area contributed by atoms with E-state index in [9.17, 15) is 9.90 Å². The van der Waals surface area contributed by atoms with Gasteiger partial charge in [-0.05, 0) is 56.3 Å². The molecule has 1 heterocycles. The van der Waals surface area contributed by atoms with Gasteiger partial charge in [-0.2, -0.15) is 10.1 Å². The maximum atomic E-state index is 12.3. The predicted molar refractivity (Wildman–Crippen MR) is 132 cm³/mol. The molecule has 11 heteroatoms. The number of anilines is 3. The second-order valence-electron chi connectivity index (χ2n) is 6.82. The van der Waals surface area contributed by atoms with E-state index in [1.807, 2.05) is 24.3 Å². The zero-order chi connectivity index (χ0) is 23.6. The van der Waals surface area contributed by atoms with Gasteiger partial charge in [-0.3, -0.25) is 4.79 Å². The van der Waals surface area contributed by atoms with Gasteiger partial charge in [0.25, 0.3) is 0 Å². The number of aromatic amines is 1. The van der Waals surface area contributed by atoms with Gasteiger partial charge in [0.05, 0.1) is 19.1 Å². The SMILES string of the molecule is CCN(CC)c1ccc(NC(=O)CSc2n[nH]c(N/N=C\c3cc(OC)ccc3O)n2)cc1. The fourth-order valence-corrected chi connectivity index (χ4v) is 3.56. The predicted octanol–water partition coefficient (Wildman–Crippen LogP) is 3.54. The zero-order valence-electron chi connectivity index (χ0n) is 18.7. The molecule has 0 saturated carbocycles. The van der Waals surface area contributed by atoms with Gasteiger partial charge in [-0.15, -0.1) is 5.10 Å². The van der Waals surface area contributed by atoms with Crippen LogP contribution in [0.15, 0.2) is 52.7 Å². The Morgan fingerprint density at radius 2 is 2.00 bits per heavy atom. The number of hydrazone groups is 1. The topological polar surface area (TPSA) is 128 Å². The number of thioether (sulfide) groups is 1. The van der Waals surface area contributed by atoms with Gasteiger partial charge in [0.2, 0.25) is 17.0 Å². The van der Waals surface area contributed by atoms with Crippen LogP contribution in [-0.2, 0) is 4.79 Å². The van der Waals surface area contributed by atoms with Gasteiger partial charge in [0.15, 0.2) is 0 Å². The van der Waals surface area contributed by atoms with Crippen molar-refractivity contribution in [3.05, 3.63) is 48.0 Å². The Kier molecular flexibility index (Phi) is 8.53. The molecule has 0 saturated heterocycles. The minimum absolute atomic E-state index is 0.0730. The number of H-pyrrole nitrogens is 1. The van der Waals surface area contributed by atoms with Gasteiger partial charge in [0.1, 0.15) is 11.5 Å². The van der Waals surface area contributed by atoms with Gasteiger partial charge in [-0.1, -0.05) is 11.8 Å². The van der Waals surface area contributed by atoms with Crippen molar-refractivity contribution in [1.29, 1.82) is 0 Å². The van der Waals surface area contributed by atoms with Crippen molar-refractivity contribution in [2.24, 2.45) is 5.10 Å². The number of amides is 1. The van der Waals surface area contributed by atoms with E-state index < -0.39 is 0 Å². The van der Waals surface area contributed by atoms with Gasteiger partial charge < -0.3 is 20.1 Å². The highest BCUT2D eigenvalue weighted by atomic mass is 32.2. The van der Waals surface area contributed by atoms with E-state index in [1.165, 1.54) is 24.0 Å². The summed E-state index contributed by atoms with van der Waals surface area (Å²) in [7, 11) is 1.54. The quantitative estimate of drug-likeness (QED) is 0.191. The molecule has 0 aliphatic carbocycles. The Bertz CT molecular complexity index is 1080. The smallest absolute Gasteiger partial charge is 0.240 e. The molecule has 0 fully saturated rings. The van der Waals surface area contributed by atoms with Crippen molar-refractivity contribution in [1.82, 2.24) is 15.2 Å². The van der Waals surface area contributed by atoms with E-state index in [-0.39, 0.29) is 17.4 Å². The summed E-state index contributed by atoms with van der Waals surface area (Å²) in [6, 6.07) is 12.6. The maximum absolute atomic E-state index is 12.3. The largest absolute Gasteiger partial charge is 0.507 e. The number of carbonyl (C=O) groups excluding carboxylic acids is 1. The van der Waals surface area contributed by atoms with Gasteiger partial charge >= 0.3 is 0 Å². The average Bonchev–Trinajstić information content (AvgIpc) is 3.28. The Balaban J connectivity index is 1.47. The number of methoxy groups -OCH3 is 1. The normalized spacial score (nSPS) is 10.9. The van der Waals surface area contributed by atoms with Crippen LogP contribution in [0.1, 0.15) is 19.4 Å². The second-order valence-corrected chi connectivity index (χ2v) is 7.76. The molecule has 174 valence electrons. The summed E-state index contributed by atoms with van der Waals surface area (Å²) in [6.07, 6.45) is 1.44. The molecular weight excluding hydrogens is 442 g/mol. The number of nitrogens with zero attached hydrogens (tertiary/aromatic N) is 4. The third kappa shape index (κ3) is 6.88. The van der Waals surface area contributed by atoms with E-state index in [4.69, 9.17) is 4.74 Å². The first-order chi connectivity index (χ1) is 16.0. The van der Waals surface area contributed by atoms with Crippen LogP contribution in [0.3, 0.4) is 0 Å². The van der Waals surface area contributed by atoms with E-state index in [0.717, 1.165) is 24.5 Å². The molecule has 1 amide bonds. The highest BCUT2D eigenvalue weighted by molar-refractivity contribution is 7.99. The number of phenolic OH excluding ortho intramolecular Hbond substituents is 1. The monoisotopic (exact) mass is 469 g/mol. The van der Waals surface area contributed by atoms with Crippen molar-refractivity contribution in [3.8, 4) is 11.5 Å². The summed E-state index contributed by atoms with van der Waals surface area (Å²) in [5.74, 6) is 0.996. The molecule has 0 atom stereocenters. The van der Waals surface area contributed by atoms with Crippen molar-refractivity contribution < 1.29 is 14.6 Å². The number of nitrogens with one attached hydrogen (secondary N) is 3. The van der Waals surface area contributed by atoms with Crippen LogP contribution in [0.4, 0.5) is 17.3 Å². The molecule has 0 aliphatic heterocycles. The van der Waals surface area contributed by atoms with E-state index in [1.54, 1.807) is 19.2 Å². The molecule has 10 nitrogen and oxygen atoms in total. The summed E-state index contributed by atoms with van der Waals surface area (Å²) in [4.78, 5) is 18.7. The zero-order valence-corrected chi connectivity index (χ0v) is 19.5. The minimum atomic E-state index is -0.151. The molecule has 3 aromatic rings. The number of hydrogen-bond acceptors (Lipinski definition) is 9. The molecule has 0 radical (unpaired) electrons. The molecule has 0 unspecified atom stereocenters. The lowest BCUT2D eigenvalue weighted by Gasteiger charge is -2.21. The standard InChI is InChI=1S/C22H27N7O3S/c1-4-29(5-2)17-8-6-16(7-9-17)24-20(31)14-33-22-25-21(27-28-22)26-23-13-15-12-18(32-3)10-11-19(15)30/h6-13,30H,4-5,14H2,1-3H3,(H,24,31)(H2,25,26,27,28)/b23-13-. The lowest BCUT2D eigenvalue weighted by molar-refractivity contribution is -0.113. The number of aromatic nitrogens is 3. The molecule has 0 bridgehead atoms. The number of ether oxygens (including phenoxy) is 1. The van der Waals surface area contributed by atoms with Crippen LogP contribution < -0.4 is 20.4 Å². The molecule has 33 heavy (non-hydrogen) atoms. The lowest BCUT2D eigenvalue weighted by Crippen LogP contribution is -2.21. The Hall–Kier alpha value is -3.73. The summed E-state index contributed by atoms with van der Waals surface area (Å²) in [5, 5.41) is 23.9. The highest BCUT2D eigenvalue weighted by Gasteiger charge is 2.09. The first-order valence-corrected chi connectivity index (χ1v) is 11.4. The van der Waals surface area contributed by atoms with Crippen molar-refractivity contribution in [2.45, 2.75) is 19.0 Å². The molecule has 3 rings (SSSR count). The van der Waals surface area contributed by atoms with E-state index in [0.29, 0.717) is 22.4 Å². The average molecular weight is 470 g/mol. The van der Waals surface area contributed by atoms with Crippen LogP contribution in [0.2, 0.25) is 0 Å². The number of hydrogen-bond donors (Lipinski definition) is 4.